The van der Waals surface area contributed by atoms with Crippen LogP contribution < -0.4 is 0 Å². The predicted molar refractivity (Wildman–Crippen MR) is 71.4 cm³/mol. The Hall–Kier alpha value is -0.860. The Bertz CT molecular complexity index is 396. The van der Waals surface area contributed by atoms with Gasteiger partial charge in [0.2, 0.25) is 0 Å². The summed E-state index contributed by atoms with van der Waals surface area (Å²) < 4.78 is 5.72. The molecule has 0 spiro atoms. The van der Waals surface area contributed by atoms with Gasteiger partial charge >= 0.3 is 0 Å². The van der Waals surface area contributed by atoms with Crippen molar-refractivity contribution in [1.82, 2.24) is 0 Å². The van der Waals surface area contributed by atoms with E-state index in [4.69, 9.17) is 4.74 Å². The molecule has 1 aromatic rings. The highest BCUT2D eigenvalue weighted by Crippen LogP contribution is 2.37. The smallest absolute Gasteiger partial charge is 0.0821 e. The lowest BCUT2D eigenvalue weighted by molar-refractivity contribution is 0.0410. The Morgan fingerprint density at radius 3 is 2.89 bits per heavy atom. The van der Waals surface area contributed by atoms with Gasteiger partial charge < -0.3 is 9.84 Å². The predicted octanol–water partition coefficient (Wildman–Crippen LogP) is 3.24. The van der Waals surface area contributed by atoms with Gasteiger partial charge in [0, 0.05) is 6.61 Å². The summed E-state index contributed by atoms with van der Waals surface area (Å²) in [6.07, 6.45) is 6.88. The minimum atomic E-state index is -0.298. The van der Waals surface area contributed by atoms with Crippen LogP contribution in [-0.2, 0) is 11.2 Å². The molecule has 1 fully saturated rings. The first-order valence-corrected chi connectivity index (χ1v) is 7.22. The number of aliphatic hydroxyl groups is 1. The van der Waals surface area contributed by atoms with Crippen LogP contribution in [0.4, 0.5) is 0 Å². The highest BCUT2D eigenvalue weighted by atomic mass is 16.5. The van der Waals surface area contributed by atoms with E-state index >= 15 is 0 Å². The summed E-state index contributed by atoms with van der Waals surface area (Å²) in [5.74, 6) is 0.372. The fraction of sp³-hybridized carbons (Fsp3) is 0.625. The second-order valence-electron chi connectivity index (χ2n) is 5.67. The van der Waals surface area contributed by atoms with Crippen LogP contribution in [0.25, 0.3) is 0 Å². The Balaban J connectivity index is 1.76. The quantitative estimate of drug-likeness (QED) is 0.812. The van der Waals surface area contributed by atoms with Gasteiger partial charge in [0.25, 0.3) is 0 Å². The molecule has 3 atom stereocenters. The Kier molecular flexibility index (Phi) is 3.67. The lowest BCUT2D eigenvalue weighted by Gasteiger charge is -2.24. The van der Waals surface area contributed by atoms with Crippen LogP contribution in [0.15, 0.2) is 24.3 Å². The van der Waals surface area contributed by atoms with Gasteiger partial charge in [-0.2, -0.15) is 0 Å². The normalized spacial score (nSPS) is 31.9. The van der Waals surface area contributed by atoms with Crippen molar-refractivity contribution in [3.05, 3.63) is 35.4 Å². The third-order valence-corrected chi connectivity index (χ3v) is 4.43. The maximum atomic E-state index is 10.6. The molecule has 1 aromatic carbocycles. The topological polar surface area (TPSA) is 29.5 Å². The van der Waals surface area contributed by atoms with E-state index in [1.54, 1.807) is 0 Å². The largest absolute Gasteiger partial charge is 0.388 e. The van der Waals surface area contributed by atoms with E-state index < -0.39 is 0 Å². The molecule has 0 aromatic heterocycles. The van der Waals surface area contributed by atoms with Gasteiger partial charge in [-0.05, 0) is 55.6 Å². The Labute approximate surface area is 109 Å². The molecule has 0 radical (unpaired) electrons. The van der Waals surface area contributed by atoms with Crippen LogP contribution >= 0.6 is 0 Å². The third-order valence-electron chi connectivity index (χ3n) is 4.43. The van der Waals surface area contributed by atoms with Gasteiger partial charge in [0.05, 0.1) is 12.2 Å². The first-order valence-electron chi connectivity index (χ1n) is 7.22. The number of hydrogen-bond donors (Lipinski definition) is 1. The Morgan fingerprint density at radius 2 is 2.06 bits per heavy atom. The molecule has 3 rings (SSSR count). The van der Waals surface area contributed by atoms with Crippen LogP contribution in [0.5, 0.6) is 0 Å². The van der Waals surface area contributed by atoms with E-state index in [2.05, 4.69) is 18.2 Å². The van der Waals surface area contributed by atoms with Crippen molar-refractivity contribution in [1.29, 1.82) is 0 Å². The number of fused-ring (bicyclic) bond motifs is 1. The van der Waals surface area contributed by atoms with Crippen molar-refractivity contribution in [3.8, 4) is 0 Å². The fourth-order valence-electron chi connectivity index (χ4n) is 3.43. The summed E-state index contributed by atoms with van der Waals surface area (Å²) in [5, 5.41) is 10.6. The molecule has 98 valence electrons. The molecule has 1 aliphatic carbocycles. The number of ether oxygens (including phenoxy) is 1. The van der Waals surface area contributed by atoms with Gasteiger partial charge in [-0.15, -0.1) is 0 Å². The molecule has 2 nitrogen and oxygen atoms in total. The van der Waals surface area contributed by atoms with E-state index in [1.807, 2.05) is 6.07 Å². The van der Waals surface area contributed by atoms with Crippen molar-refractivity contribution < 1.29 is 9.84 Å². The van der Waals surface area contributed by atoms with Gasteiger partial charge in [0.15, 0.2) is 0 Å². The monoisotopic (exact) mass is 246 g/mol. The lowest BCUT2D eigenvalue weighted by atomic mass is 9.88. The molecule has 1 N–H and O–H groups in total. The highest BCUT2D eigenvalue weighted by molar-refractivity contribution is 5.30. The molecular formula is C16H22O2. The van der Waals surface area contributed by atoms with Crippen LogP contribution in [0.3, 0.4) is 0 Å². The molecule has 0 amide bonds. The van der Waals surface area contributed by atoms with E-state index in [-0.39, 0.29) is 6.10 Å². The standard InChI is InChI=1S/C16H22O2/c17-16-13(11-14-8-4-10-18-14)7-3-6-12-5-1-2-9-15(12)16/h1-2,5,9,13-14,16-17H,3-4,6-8,10-11H2. The molecule has 1 saturated heterocycles. The second-order valence-corrected chi connectivity index (χ2v) is 5.67. The first-order chi connectivity index (χ1) is 8.84. The van der Waals surface area contributed by atoms with Crippen molar-refractivity contribution in [3.63, 3.8) is 0 Å². The number of aliphatic hydroxyl groups excluding tert-OH is 1. The first kappa shape index (κ1) is 12.2. The summed E-state index contributed by atoms with van der Waals surface area (Å²) >= 11 is 0. The average Bonchev–Trinajstić information content (AvgIpc) is 2.85. The molecule has 3 unspecified atom stereocenters. The van der Waals surface area contributed by atoms with Gasteiger partial charge in [-0.3, -0.25) is 0 Å². The SMILES string of the molecule is OC1c2ccccc2CCCC1CC1CCCO1. The maximum absolute atomic E-state index is 10.6. The fourth-order valence-corrected chi connectivity index (χ4v) is 3.43. The average molecular weight is 246 g/mol. The molecule has 1 heterocycles. The highest BCUT2D eigenvalue weighted by Gasteiger charge is 2.29. The molecule has 0 saturated carbocycles. The summed E-state index contributed by atoms with van der Waals surface area (Å²) in [5.41, 5.74) is 2.48. The zero-order valence-electron chi connectivity index (χ0n) is 10.8. The van der Waals surface area contributed by atoms with Crippen LogP contribution in [-0.4, -0.2) is 17.8 Å². The summed E-state index contributed by atoms with van der Waals surface area (Å²) in [4.78, 5) is 0. The van der Waals surface area contributed by atoms with E-state index in [0.29, 0.717) is 12.0 Å². The molecule has 2 heteroatoms. The van der Waals surface area contributed by atoms with E-state index in [0.717, 1.165) is 31.4 Å². The van der Waals surface area contributed by atoms with Gasteiger partial charge in [-0.1, -0.05) is 24.3 Å². The van der Waals surface area contributed by atoms with Crippen molar-refractivity contribution >= 4 is 0 Å². The lowest BCUT2D eigenvalue weighted by Crippen LogP contribution is -2.18. The van der Waals surface area contributed by atoms with Crippen molar-refractivity contribution in [2.24, 2.45) is 5.92 Å². The van der Waals surface area contributed by atoms with Crippen molar-refractivity contribution in [2.75, 3.05) is 6.61 Å². The molecule has 1 aliphatic heterocycles. The minimum absolute atomic E-state index is 0.298. The van der Waals surface area contributed by atoms with Crippen LogP contribution in [0, 0.1) is 5.92 Å². The number of aryl methyl sites for hydroxylation is 1. The zero-order chi connectivity index (χ0) is 12.4. The summed E-state index contributed by atoms with van der Waals surface area (Å²) in [6, 6.07) is 8.36. The van der Waals surface area contributed by atoms with E-state index in [9.17, 15) is 5.11 Å². The van der Waals surface area contributed by atoms with Crippen LogP contribution in [0.1, 0.15) is 49.3 Å². The summed E-state index contributed by atoms with van der Waals surface area (Å²) in [6.45, 7) is 0.907. The number of rotatable bonds is 2. The molecule has 0 bridgehead atoms. The van der Waals surface area contributed by atoms with Crippen molar-refractivity contribution in [2.45, 2.75) is 50.7 Å². The number of hydrogen-bond acceptors (Lipinski definition) is 2. The van der Waals surface area contributed by atoms with E-state index in [1.165, 1.54) is 24.8 Å². The third kappa shape index (κ3) is 2.45. The zero-order valence-corrected chi connectivity index (χ0v) is 10.8. The molecule has 2 aliphatic rings. The van der Waals surface area contributed by atoms with Gasteiger partial charge in [-0.25, -0.2) is 0 Å². The van der Waals surface area contributed by atoms with Gasteiger partial charge in [0.1, 0.15) is 0 Å². The molecule has 18 heavy (non-hydrogen) atoms. The summed E-state index contributed by atoms with van der Waals surface area (Å²) in [7, 11) is 0. The molecular weight excluding hydrogens is 224 g/mol. The second kappa shape index (κ2) is 5.41. The van der Waals surface area contributed by atoms with Crippen LogP contribution in [0.2, 0.25) is 0 Å². The Morgan fingerprint density at radius 1 is 1.17 bits per heavy atom. The number of benzene rings is 1. The minimum Gasteiger partial charge on any atom is -0.388 e. The maximum Gasteiger partial charge on any atom is 0.0821 e.